The van der Waals surface area contributed by atoms with Crippen LogP contribution in [0.1, 0.15) is 35.1 Å². The van der Waals surface area contributed by atoms with Gasteiger partial charge in [0, 0.05) is 51.3 Å². The molecule has 29 heavy (non-hydrogen) atoms. The number of carbonyl (C=O) groups excluding carboxylic acids is 1. The molecule has 9 heteroatoms. The van der Waals surface area contributed by atoms with Gasteiger partial charge < -0.3 is 9.64 Å². The van der Waals surface area contributed by atoms with E-state index in [-0.39, 0.29) is 5.97 Å². The minimum atomic E-state index is -0.330. The monoisotopic (exact) mass is 414 g/mol. The van der Waals surface area contributed by atoms with E-state index in [1.807, 2.05) is 26.4 Å². The molecule has 0 aromatic carbocycles. The second-order valence-electron chi connectivity index (χ2n) is 7.25. The molecule has 0 N–H and O–H groups in total. The summed E-state index contributed by atoms with van der Waals surface area (Å²) >= 11 is 1.63. The zero-order chi connectivity index (χ0) is 20.4. The third kappa shape index (κ3) is 3.97. The molecule has 0 saturated carbocycles. The lowest BCUT2D eigenvalue weighted by Gasteiger charge is -2.26. The van der Waals surface area contributed by atoms with Crippen LogP contribution in [0.25, 0.3) is 11.0 Å². The van der Waals surface area contributed by atoms with Crippen LogP contribution in [0.5, 0.6) is 0 Å². The number of hydrogen-bond donors (Lipinski definition) is 0. The highest BCUT2D eigenvalue weighted by Gasteiger charge is 2.26. The molecule has 0 spiro atoms. The van der Waals surface area contributed by atoms with E-state index in [1.165, 1.54) is 0 Å². The summed E-state index contributed by atoms with van der Waals surface area (Å²) in [6.45, 7) is 8.59. The zero-order valence-corrected chi connectivity index (χ0v) is 17.9. The summed E-state index contributed by atoms with van der Waals surface area (Å²) < 4.78 is 7.10. The Morgan fingerprint density at radius 1 is 1.24 bits per heavy atom. The number of aryl methyl sites for hydroxylation is 2. The zero-order valence-electron chi connectivity index (χ0n) is 17.1. The van der Waals surface area contributed by atoms with E-state index in [0.29, 0.717) is 12.2 Å². The lowest BCUT2D eigenvalue weighted by Crippen LogP contribution is -2.32. The normalized spacial score (nSPS) is 15.6. The minimum Gasteiger partial charge on any atom is -0.462 e. The van der Waals surface area contributed by atoms with Crippen molar-refractivity contribution in [1.82, 2.24) is 24.6 Å². The smallest absolute Gasteiger partial charge is 0.341 e. The van der Waals surface area contributed by atoms with Crippen molar-refractivity contribution in [2.75, 3.05) is 37.7 Å². The van der Waals surface area contributed by atoms with E-state index in [1.54, 1.807) is 22.2 Å². The summed E-state index contributed by atoms with van der Waals surface area (Å²) in [5.41, 5.74) is 6.07. The number of ether oxygens (including phenoxy) is 1. The Morgan fingerprint density at radius 3 is 2.86 bits per heavy atom. The van der Waals surface area contributed by atoms with Crippen molar-refractivity contribution >= 4 is 34.0 Å². The molecule has 3 aromatic rings. The van der Waals surface area contributed by atoms with Crippen molar-refractivity contribution < 1.29 is 9.53 Å². The van der Waals surface area contributed by atoms with Crippen LogP contribution in [0.4, 0.5) is 5.69 Å². The Bertz CT molecular complexity index is 1000. The minimum absolute atomic E-state index is 0.330. The fourth-order valence-electron chi connectivity index (χ4n) is 3.98. The molecule has 4 rings (SSSR count). The molecule has 3 aromatic heterocycles. The Hall–Kier alpha value is -2.52. The Balaban J connectivity index is 1.68. The summed E-state index contributed by atoms with van der Waals surface area (Å²) in [5, 5.41) is 7.58. The van der Waals surface area contributed by atoms with Gasteiger partial charge in [-0.05, 0) is 20.3 Å². The number of hydrogen-bond acceptors (Lipinski definition) is 8. The topological polar surface area (TPSA) is 76.4 Å². The van der Waals surface area contributed by atoms with Crippen molar-refractivity contribution in [2.24, 2.45) is 7.05 Å². The molecule has 4 heterocycles. The van der Waals surface area contributed by atoms with Gasteiger partial charge in [0.2, 0.25) is 0 Å². The maximum Gasteiger partial charge on any atom is 0.341 e. The first kappa shape index (κ1) is 19.8. The van der Waals surface area contributed by atoms with Crippen molar-refractivity contribution in [2.45, 2.75) is 26.8 Å². The van der Waals surface area contributed by atoms with Crippen LogP contribution >= 0.6 is 11.3 Å². The van der Waals surface area contributed by atoms with Crippen LogP contribution in [0.15, 0.2) is 17.1 Å². The van der Waals surface area contributed by atoms with Crippen LogP contribution < -0.4 is 4.90 Å². The molecule has 0 amide bonds. The van der Waals surface area contributed by atoms with E-state index in [4.69, 9.17) is 4.74 Å². The van der Waals surface area contributed by atoms with Crippen molar-refractivity contribution in [3.05, 3.63) is 34.0 Å². The number of rotatable bonds is 5. The lowest BCUT2D eigenvalue weighted by atomic mass is 10.1. The van der Waals surface area contributed by atoms with Crippen LogP contribution in [-0.2, 0) is 18.3 Å². The quantitative estimate of drug-likeness (QED) is 0.594. The van der Waals surface area contributed by atoms with E-state index < -0.39 is 0 Å². The van der Waals surface area contributed by atoms with Gasteiger partial charge in [0.1, 0.15) is 5.56 Å². The van der Waals surface area contributed by atoms with Gasteiger partial charge in [0.05, 0.1) is 34.6 Å². The number of pyridine rings is 1. The molecule has 1 fully saturated rings. The number of carbonyl (C=O) groups is 1. The first-order valence-corrected chi connectivity index (χ1v) is 10.9. The van der Waals surface area contributed by atoms with E-state index in [0.717, 1.165) is 67.3 Å². The Kier molecular flexibility index (Phi) is 5.77. The van der Waals surface area contributed by atoms with Gasteiger partial charge in [0.15, 0.2) is 5.65 Å². The van der Waals surface area contributed by atoms with Gasteiger partial charge in [0.25, 0.3) is 0 Å². The summed E-state index contributed by atoms with van der Waals surface area (Å²) in [6.07, 6.45) is 2.64. The van der Waals surface area contributed by atoms with Gasteiger partial charge in [-0.2, -0.15) is 5.10 Å². The molecule has 0 radical (unpaired) electrons. The van der Waals surface area contributed by atoms with Gasteiger partial charge in [-0.15, -0.1) is 11.3 Å². The third-order valence-electron chi connectivity index (χ3n) is 5.27. The summed E-state index contributed by atoms with van der Waals surface area (Å²) in [4.78, 5) is 26.3. The molecule has 0 aliphatic carbocycles. The summed E-state index contributed by atoms with van der Waals surface area (Å²) in [6, 6.07) is 0. The molecule has 1 aliphatic rings. The predicted molar refractivity (Wildman–Crippen MR) is 113 cm³/mol. The fourth-order valence-corrected chi connectivity index (χ4v) is 4.53. The maximum atomic E-state index is 12.7. The van der Waals surface area contributed by atoms with Crippen molar-refractivity contribution in [1.29, 1.82) is 0 Å². The number of fused-ring (bicyclic) bond motifs is 1. The highest BCUT2D eigenvalue weighted by molar-refractivity contribution is 7.07. The van der Waals surface area contributed by atoms with Crippen LogP contribution in [0, 0.1) is 6.92 Å². The molecule has 8 nitrogen and oxygen atoms in total. The second-order valence-corrected chi connectivity index (χ2v) is 7.96. The van der Waals surface area contributed by atoms with Gasteiger partial charge >= 0.3 is 5.97 Å². The highest BCUT2D eigenvalue weighted by Crippen LogP contribution is 2.33. The lowest BCUT2D eigenvalue weighted by molar-refractivity contribution is 0.0527. The average molecular weight is 415 g/mol. The highest BCUT2D eigenvalue weighted by atomic mass is 32.1. The molecule has 1 aliphatic heterocycles. The van der Waals surface area contributed by atoms with Gasteiger partial charge in [-0.3, -0.25) is 9.58 Å². The Labute approximate surface area is 174 Å². The van der Waals surface area contributed by atoms with Crippen LogP contribution in [0.3, 0.4) is 0 Å². The largest absolute Gasteiger partial charge is 0.462 e. The SMILES string of the molecule is CCOC(=O)c1cnc2c(c(C)nn2C)c1N1CCCN(Cc2cscn2)CC1. The van der Waals surface area contributed by atoms with E-state index in [2.05, 4.69) is 30.2 Å². The van der Waals surface area contributed by atoms with Crippen LogP contribution in [-0.4, -0.2) is 63.4 Å². The van der Waals surface area contributed by atoms with Gasteiger partial charge in [-0.25, -0.2) is 14.8 Å². The standard InChI is InChI=1S/C20H26N6O2S/c1-4-28-20(27)16-10-21-19-17(14(2)23-24(19)3)18(16)26-7-5-6-25(8-9-26)11-15-12-29-13-22-15/h10,12-13H,4-9,11H2,1-3H3. The molecule has 0 bridgehead atoms. The first-order valence-electron chi connectivity index (χ1n) is 9.92. The van der Waals surface area contributed by atoms with E-state index >= 15 is 0 Å². The molecular weight excluding hydrogens is 388 g/mol. The number of thiazole rings is 1. The number of aromatic nitrogens is 4. The fraction of sp³-hybridized carbons (Fsp3) is 0.500. The van der Waals surface area contributed by atoms with E-state index in [9.17, 15) is 4.79 Å². The first-order chi connectivity index (χ1) is 14.1. The molecular formula is C20H26N6O2S. The average Bonchev–Trinajstić information content (AvgIpc) is 3.23. The van der Waals surface area contributed by atoms with Crippen molar-refractivity contribution in [3.63, 3.8) is 0 Å². The van der Waals surface area contributed by atoms with Crippen molar-refractivity contribution in [3.8, 4) is 0 Å². The predicted octanol–water partition coefficient (Wildman–Crippen LogP) is 2.62. The molecule has 0 unspecified atom stereocenters. The summed E-state index contributed by atoms with van der Waals surface area (Å²) in [5.74, 6) is -0.330. The number of anilines is 1. The third-order valence-corrected chi connectivity index (χ3v) is 5.90. The number of nitrogens with zero attached hydrogens (tertiary/aromatic N) is 6. The number of esters is 1. The Morgan fingerprint density at radius 2 is 2.10 bits per heavy atom. The molecule has 154 valence electrons. The van der Waals surface area contributed by atoms with Crippen LogP contribution in [0.2, 0.25) is 0 Å². The second kappa shape index (κ2) is 8.46. The summed E-state index contributed by atoms with van der Waals surface area (Å²) in [7, 11) is 1.88. The molecule has 1 saturated heterocycles. The molecule has 0 atom stereocenters. The maximum absolute atomic E-state index is 12.7. The van der Waals surface area contributed by atoms with Gasteiger partial charge in [-0.1, -0.05) is 0 Å².